The van der Waals surface area contributed by atoms with Crippen LogP contribution in [0.5, 0.6) is 0 Å². The maximum Gasteiger partial charge on any atom is 0.161 e. The summed E-state index contributed by atoms with van der Waals surface area (Å²) in [7, 11) is 0. The van der Waals surface area contributed by atoms with Crippen LogP contribution in [0.25, 0.3) is 0 Å². The van der Waals surface area contributed by atoms with Gasteiger partial charge in [-0.1, -0.05) is 13.3 Å². The molecule has 3 nitrogen and oxygen atoms in total. The summed E-state index contributed by atoms with van der Waals surface area (Å²) >= 11 is 0. The molecule has 0 fully saturated rings. The number of hydrogen-bond donors (Lipinski definition) is 0. The van der Waals surface area contributed by atoms with Crippen molar-refractivity contribution in [3.63, 3.8) is 0 Å². The second-order valence-electron chi connectivity index (χ2n) is 2.99. The minimum atomic E-state index is -0.645. The summed E-state index contributed by atoms with van der Waals surface area (Å²) < 4.78 is 0. The van der Waals surface area contributed by atoms with E-state index in [1.165, 1.54) is 0 Å². The molecule has 0 aliphatic carbocycles. The van der Waals surface area contributed by atoms with Gasteiger partial charge in [-0.15, -0.1) is 0 Å². The monoisotopic (exact) mass is 153 g/mol. The van der Waals surface area contributed by atoms with E-state index in [9.17, 15) is 0 Å². The van der Waals surface area contributed by atoms with Crippen LogP contribution in [0.4, 0.5) is 0 Å². The minimum Gasteiger partial charge on any atom is -0.196 e. The second-order valence-corrected chi connectivity index (χ2v) is 2.99. The maximum absolute atomic E-state index is 8.55. The van der Waals surface area contributed by atoms with Crippen molar-refractivity contribution in [1.29, 1.82) is 5.26 Å². The van der Waals surface area contributed by atoms with E-state index >= 15 is 0 Å². The van der Waals surface area contributed by atoms with Gasteiger partial charge in [-0.2, -0.15) is 15.5 Å². The molecule has 0 aromatic rings. The van der Waals surface area contributed by atoms with Crippen LogP contribution in [0.15, 0.2) is 10.2 Å². The van der Waals surface area contributed by atoms with Gasteiger partial charge >= 0.3 is 0 Å². The Morgan fingerprint density at radius 3 is 2.55 bits per heavy atom. The van der Waals surface area contributed by atoms with Gasteiger partial charge in [0, 0.05) is 0 Å². The molecule has 0 saturated heterocycles. The first-order valence-electron chi connectivity index (χ1n) is 3.92. The van der Waals surface area contributed by atoms with E-state index in [4.69, 9.17) is 5.26 Å². The van der Waals surface area contributed by atoms with Crippen molar-refractivity contribution < 1.29 is 0 Å². The molecule has 0 radical (unpaired) electrons. The van der Waals surface area contributed by atoms with Crippen molar-refractivity contribution >= 4 is 0 Å². The summed E-state index contributed by atoms with van der Waals surface area (Å²) in [6.07, 6.45) is 2.16. The van der Waals surface area contributed by atoms with E-state index in [-0.39, 0.29) is 0 Å². The Labute approximate surface area is 68.1 Å². The van der Waals surface area contributed by atoms with E-state index in [0.717, 1.165) is 19.4 Å². The van der Waals surface area contributed by atoms with Crippen molar-refractivity contribution in [3.05, 3.63) is 0 Å². The third kappa shape index (κ3) is 5.53. The highest BCUT2D eigenvalue weighted by molar-refractivity contribution is 4.98. The number of hydrogen-bond acceptors (Lipinski definition) is 3. The van der Waals surface area contributed by atoms with Gasteiger partial charge in [0.1, 0.15) is 0 Å². The van der Waals surface area contributed by atoms with E-state index in [1.54, 1.807) is 13.8 Å². The van der Waals surface area contributed by atoms with Crippen LogP contribution in [0.3, 0.4) is 0 Å². The number of azo groups is 1. The SMILES string of the molecule is CCCC/N=N/C(C)(C)C#N. The first-order valence-corrected chi connectivity index (χ1v) is 3.92. The van der Waals surface area contributed by atoms with E-state index in [0.29, 0.717) is 0 Å². The van der Waals surface area contributed by atoms with Gasteiger partial charge in [0.15, 0.2) is 5.54 Å². The molecule has 0 N–H and O–H groups in total. The molecule has 0 heterocycles. The number of unbranched alkanes of at least 4 members (excludes halogenated alkanes) is 1. The lowest BCUT2D eigenvalue weighted by Gasteiger charge is -2.04. The average molecular weight is 153 g/mol. The molecule has 0 aliphatic rings. The third-order valence-electron chi connectivity index (χ3n) is 1.21. The highest BCUT2D eigenvalue weighted by atomic mass is 15.1. The molecule has 0 aliphatic heterocycles. The normalized spacial score (nSPS) is 11.8. The first-order chi connectivity index (χ1) is 5.12. The molecule has 0 saturated carbocycles. The van der Waals surface area contributed by atoms with Crippen LogP contribution in [-0.4, -0.2) is 12.1 Å². The lowest BCUT2D eigenvalue weighted by atomic mass is 10.1. The summed E-state index contributed by atoms with van der Waals surface area (Å²) in [5.74, 6) is 0. The Bertz CT molecular complexity index is 165. The molecule has 62 valence electrons. The fourth-order valence-electron chi connectivity index (χ4n) is 0.478. The Kier molecular flexibility index (Phi) is 4.44. The number of nitriles is 1. The van der Waals surface area contributed by atoms with E-state index in [2.05, 4.69) is 23.2 Å². The van der Waals surface area contributed by atoms with Gasteiger partial charge < -0.3 is 0 Å². The Balaban J connectivity index is 3.66. The van der Waals surface area contributed by atoms with Crippen molar-refractivity contribution in [3.8, 4) is 6.07 Å². The first kappa shape index (κ1) is 10.1. The zero-order valence-electron chi connectivity index (χ0n) is 7.46. The van der Waals surface area contributed by atoms with Crippen LogP contribution >= 0.6 is 0 Å². The molecule has 3 heteroatoms. The summed E-state index contributed by atoms with van der Waals surface area (Å²) in [6.45, 7) is 6.34. The average Bonchev–Trinajstić information content (AvgIpc) is 1.99. The highest BCUT2D eigenvalue weighted by Crippen LogP contribution is 2.06. The molecular weight excluding hydrogens is 138 g/mol. The molecule has 0 aromatic carbocycles. The van der Waals surface area contributed by atoms with Crippen molar-refractivity contribution in [2.24, 2.45) is 10.2 Å². The smallest absolute Gasteiger partial charge is 0.161 e. The van der Waals surface area contributed by atoms with Gasteiger partial charge in [0.2, 0.25) is 0 Å². The van der Waals surface area contributed by atoms with Gasteiger partial charge in [-0.05, 0) is 20.3 Å². The molecule has 0 rings (SSSR count). The van der Waals surface area contributed by atoms with Gasteiger partial charge in [-0.3, -0.25) is 0 Å². The molecular formula is C8H15N3. The molecule has 0 aromatic heterocycles. The zero-order chi connectivity index (χ0) is 8.74. The lowest BCUT2D eigenvalue weighted by Crippen LogP contribution is -2.11. The van der Waals surface area contributed by atoms with Gasteiger partial charge in [0.25, 0.3) is 0 Å². The predicted molar refractivity (Wildman–Crippen MR) is 44.3 cm³/mol. The lowest BCUT2D eigenvalue weighted by molar-refractivity contribution is 0.604. The number of rotatable bonds is 4. The van der Waals surface area contributed by atoms with Crippen molar-refractivity contribution in [2.45, 2.75) is 39.2 Å². The van der Waals surface area contributed by atoms with Crippen LogP contribution in [-0.2, 0) is 0 Å². The Morgan fingerprint density at radius 2 is 2.09 bits per heavy atom. The topological polar surface area (TPSA) is 48.5 Å². The Morgan fingerprint density at radius 1 is 1.45 bits per heavy atom. The quantitative estimate of drug-likeness (QED) is 0.452. The largest absolute Gasteiger partial charge is 0.196 e. The van der Waals surface area contributed by atoms with E-state index < -0.39 is 5.54 Å². The minimum absolute atomic E-state index is 0.645. The fraction of sp³-hybridized carbons (Fsp3) is 0.875. The van der Waals surface area contributed by atoms with Crippen molar-refractivity contribution in [2.75, 3.05) is 6.54 Å². The molecule has 11 heavy (non-hydrogen) atoms. The predicted octanol–water partition coefficient (Wildman–Crippen LogP) is 2.54. The van der Waals surface area contributed by atoms with Gasteiger partial charge in [0.05, 0.1) is 12.6 Å². The highest BCUT2D eigenvalue weighted by Gasteiger charge is 2.13. The maximum atomic E-state index is 8.55. The van der Waals surface area contributed by atoms with Crippen LogP contribution in [0, 0.1) is 11.3 Å². The standard InChI is InChI=1S/C8H15N3/c1-4-5-6-10-11-8(2,3)7-9/h4-6H2,1-3H3/b11-10+. The van der Waals surface area contributed by atoms with Crippen LogP contribution in [0.1, 0.15) is 33.6 Å². The zero-order valence-corrected chi connectivity index (χ0v) is 7.46. The van der Waals surface area contributed by atoms with E-state index in [1.807, 2.05) is 0 Å². The van der Waals surface area contributed by atoms with Gasteiger partial charge in [-0.25, -0.2) is 0 Å². The summed E-state index contributed by atoms with van der Waals surface area (Å²) in [4.78, 5) is 0. The van der Waals surface area contributed by atoms with Crippen molar-refractivity contribution in [1.82, 2.24) is 0 Å². The third-order valence-corrected chi connectivity index (χ3v) is 1.21. The molecule has 0 spiro atoms. The summed E-state index contributed by atoms with van der Waals surface area (Å²) in [5, 5.41) is 16.3. The molecule has 0 atom stereocenters. The molecule has 0 amide bonds. The molecule has 0 bridgehead atoms. The van der Waals surface area contributed by atoms with Crippen LogP contribution < -0.4 is 0 Å². The number of nitrogens with zero attached hydrogens (tertiary/aromatic N) is 3. The molecule has 0 unspecified atom stereocenters. The second kappa shape index (κ2) is 4.84. The fourth-order valence-corrected chi connectivity index (χ4v) is 0.478. The summed E-state index contributed by atoms with van der Waals surface area (Å²) in [5.41, 5.74) is -0.645. The Hall–Kier alpha value is -0.910. The van der Waals surface area contributed by atoms with Crippen LogP contribution in [0.2, 0.25) is 0 Å². The summed E-state index contributed by atoms with van der Waals surface area (Å²) in [6, 6.07) is 2.06.